The van der Waals surface area contributed by atoms with Crippen LogP contribution in [-0.4, -0.2) is 73.8 Å². The lowest BCUT2D eigenvalue weighted by Gasteiger charge is -2.25. The lowest BCUT2D eigenvalue weighted by molar-refractivity contribution is -0.142. The van der Waals surface area contributed by atoms with Crippen LogP contribution in [0.25, 0.3) is 0 Å². The molecule has 0 radical (unpaired) electrons. The number of rotatable bonds is 14. The fourth-order valence-corrected chi connectivity index (χ4v) is 3.67. The fraction of sp³-hybridized carbons (Fsp3) is 0.458. The third kappa shape index (κ3) is 9.10. The molecule has 8 N–H and O–H groups in total. The van der Waals surface area contributed by atoms with Gasteiger partial charge in [0, 0.05) is 30.5 Å². The van der Waals surface area contributed by atoms with E-state index in [4.69, 9.17) is 5.73 Å². The van der Waals surface area contributed by atoms with Crippen LogP contribution in [0.1, 0.15) is 31.5 Å². The molecule has 0 spiro atoms. The SMILES string of the molecule is CCC(C)C(N)C(=O)NC(Cc1cnc[nH]1)C(=O)NC(CS)C(=O)NC(Cc1ccc(O)cc1)C(=O)O. The van der Waals surface area contributed by atoms with Crippen LogP contribution in [0.4, 0.5) is 0 Å². The zero-order valence-electron chi connectivity index (χ0n) is 20.7. The van der Waals surface area contributed by atoms with Gasteiger partial charge in [-0.2, -0.15) is 12.6 Å². The van der Waals surface area contributed by atoms with Gasteiger partial charge in [-0.15, -0.1) is 0 Å². The molecule has 3 amide bonds. The molecule has 0 aliphatic heterocycles. The minimum Gasteiger partial charge on any atom is -0.508 e. The van der Waals surface area contributed by atoms with Crippen molar-refractivity contribution < 1.29 is 29.4 Å². The van der Waals surface area contributed by atoms with E-state index < -0.39 is 47.9 Å². The number of nitrogens with zero attached hydrogens (tertiary/aromatic N) is 1. The number of hydrogen-bond donors (Lipinski definition) is 8. The van der Waals surface area contributed by atoms with Crippen LogP contribution in [0.3, 0.4) is 0 Å². The van der Waals surface area contributed by atoms with Crippen molar-refractivity contribution in [2.45, 2.75) is 57.3 Å². The Balaban J connectivity index is 2.11. The largest absolute Gasteiger partial charge is 0.508 e. The lowest BCUT2D eigenvalue weighted by Crippen LogP contribution is -2.58. The van der Waals surface area contributed by atoms with Gasteiger partial charge in [0.05, 0.1) is 12.4 Å². The molecule has 12 nitrogen and oxygen atoms in total. The van der Waals surface area contributed by atoms with Gasteiger partial charge in [0.25, 0.3) is 0 Å². The van der Waals surface area contributed by atoms with Crippen molar-refractivity contribution >= 4 is 36.3 Å². The zero-order chi connectivity index (χ0) is 27.5. The Morgan fingerprint density at radius 1 is 1.00 bits per heavy atom. The summed E-state index contributed by atoms with van der Waals surface area (Å²) in [4.78, 5) is 57.2. The number of nitrogens with one attached hydrogen (secondary N) is 4. The number of carbonyl (C=O) groups excluding carboxylic acids is 3. The number of carboxylic acids is 1. The number of hydrogen-bond acceptors (Lipinski definition) is 8. The molecule has 0 aliphatic rings. The predicted octanol–water partition coefficient (Wildman–Crippen LogP) is -0.257. The summed E-state index contributed by atoms with van der Waals surface area (Å²) >= 11 is 4.14. The summed E-state index contributed by atoms with van der Waals surface area (Å²) in [6.07, 6.45) is 3.62. The maximum atomic E-state index is 13.1. The van der Waals surface area contributed by atoms with E-state index in [1.165, 1.54) is 24.7 Å². The van der Waals surface area contributed by atoms with Crippen LogP contribution in [0, 0.1) is 5.92 Å². The molecule has 0 saturated heterocycles. The van der Waals surface area contributed by atoms with Crippen molar-refractivity contribution in [2.75, 3.05) is 5.75 Å². The molecule has 5 unspecified atom stereocenters. The van der Waals surface area contributed by atoms with Crippen LogP contribution in [0.15, 0.2) is 36.8 Å². The minimum atomic E-state index is -1.29. The molecule has 13 heteroatoms. The Hall–Kier alpha value is -3.58. The number of nitrogens with two attached hydrogens (primary N) is 1. The number of thiol groups is 1. The molecule has 1 heterocycles. The Morgan fingerprint density at radius 3 is 2.14 bits per heavy atom. The van der Waals surface area contributed by atoms with E-state index in [0.29, 0.717) is 17.7 Å². The van der Waals surface area contributed by atoms with Crippen molar-refractivity contribution in [3.05, 3.63) is 48.0 Å². The second-order valence-electron chi connectivity index (χ2n) is 8.77. The highest BCUT2D eigenvalue weighted by Crippen LogP contribution is 2.12. The molecule has 202 valence electrons. The number of aromatic hydroxyl groups is 1. The maximum Gasteiger partial charge on any atom is 0.326 e. The molecule has 1 aromatic carbocycles. The molecule has 1 aromatic heterocycles. The summed E-state index contributed by atoms with van der Waals surface area (Å²) in [5.41, 5.74) is 7.17. The van der Waals surface area contributed by atoms with E-state index in [2.05, 4.69) is 38.5 Å². The number of imidazole rings is 1. The molecule has 5 atom stereocenters. The first-order chi connectivity index (χ1) is 17.5. The minimum absolute atomic E-state index is 0.0272. The number of benzene rings is 1. The second kappa shape index (κ2) is 14.2. The molecule has 0 fully saturated rings. The number of phenolic OH excluding ortho intramolecular Hbond substituents is 1. The monoisotopic (exact) mass is 534 g/mol. The Kier molecular flexibility index (Phi) is 11.4. The van der Waals surface area contributed by atoms with Crippen LogP contribution in [0.2, 0.25) is 0 Å². The molecular formula is C24H34N6O6S. The third-order valence-corrected chi connectivity index (χ3v) is 6.34. The molecular weight excluding hydrogens is 500 g/mol. The van der Waals surface area contributed by atoms with Gasteiger partial charge in [-0.3, -0.25) is 14.4 Å². The average molecular weight is 535 g/mol. The number of H-pyrrole nitrogens is 1. The highest BCUT2D eigenvalue weighted by molar-refractivity contribution is 7.80. The van der Waals surface area contributed by atoms with Crippen molar-refractivity contribution in [2.24, 2.45) is 11.7 Å². The molecule has 0 aliphatic carbocycles. The lowest BCUT2D eigenvalue weighted by atomic mass is 9.98. The van der Waals surface area contributed by atoms with Gasteiger partial charge in [0.2, 0.25) is 17.7 Å². The topological polar surface area (TPSA) is 200 Å². The van der Waals surface area contributed by atoms with E-state index in [9.17, 15) is 29.4 Å². The Labute approximate surface area is 220 Å². The van der Waals surface area contributed by atoms with Gasteiger partial charge >= 0.3 is 5.97 Å². The predicted molar refractivity (Wildman–Crippen MR) is 139 cm³/mol. The summed E-state index contributed by atoms with van der Waals surface area (Å²) in [5, 5.41) is 26.6. The number of carbonyl (C=O) groups is 4. The van der Waals surface area contributed by atoms with Crippen molar-refractivity contribution in [3.63, 3.8) is 0 Å². The second-order valence-corrected chi connectivity index (χ2v) is 9.13. The van der Waals surface area contributed by atoms with Crippen LogP contribution in [0.5, 0.6) is 5.75 Å². The van der Waals surface area contributed by atoms with Gasteiger partial charge in [0.15, 0.2) is 0 Å². The van der Waals surface area contributed by atoms with E-state index in [1.54, 1.807) is 12.1 Å². The van der Waals surface area contributed by atoms with Crippen molar-refractivity contribution in [1.29, 1.82) is 0 Å². The van der Waals surface area contributed by atoms with Gasteiger partial charge in [-0.05, 0) is 23.6 Å². The van der Waals surface area contributed by atoms with E-state index in [0.717, 1.165) is 0 Å². The van der Waals surface area contributed by atoms with Crippen LogP contribution < -0.4 is 21.7 Å². The molecule has 2 aromatic rings. The van der Waals surface area contributed by atoms with E-state index in [-0.39, 0.29) is 30.3 Å². The summed E-state index contributed by atoms with van der Waals surface area (Å²) < 4.78 is 0. The quantitative estimate of drug-likeness (QED) is 0.152. The standard InChI is InChI=1S/C24H34N6O6S/c1-3-13(2)20(25)23(34)28-17(9-15-10-26-12-27-15)21(32)30-19(11-37)22(33)29-18(24(35)36)8-14-4-6-16(31)7-5-14/h4-7,10,12-13,17-20,31,37H,3,8-9,11,25H2,1-2H3,(H,26,27)(H,28,34)(H,29,33)(H,30,32)(H,35,36). The summed E-state index contributed by atoms with van der Waals surface area (Å²) in [5.74, 6) is -3.42. The number of aromatic amines is 1. The molecule has 0 bridgehead atoms. The van der Waals surface area contributed by atoms with Crippen molar-refractivity contribution in [1.82, 2.24) is 25.9 Å². The third-order valence-electron chi connectivity index (χ3n) is 5.98. The first-order valence-electron chi connectivity index (χ1n) is 11.8. The fourth-order valence-electron chi connectivity index (χ4n) is 3.41. The smallest absolute Gasteiger partial charge is 0.326 e. The molecule has 37 heavy (non-hydrogen) atoms. The highest BCUT2D eigenvalue weighted by atomic mass is 32.1. The summed E-state index contributed by atoms with van der Waals surface area (Å²) in [7, 11) is 0. The molecule has 0 saturated carbocycles. The van der Waals surface area contributed by atoms with E-state index >= 15 is 0 Å². The van der Waals surface area contributed by atoms with Crippen LogP contribution >= 0.6 is 12.6 Å². The number of phenols is 1. The first kappa shape index (κ1) is 29.6. The number of aliphatic carboxylic acids is 1. The molecule has 2 rings (SSSR count). The zero-order valence-corrected chi connectivity index (χ0v) is 21.6. The Bertz CT molecular complexity index is 1050. The highest BCUT2D eigenvalue weighted by Gasteiger charge is 2.31. The van der Waals surface area contributed by atoms with Gasteiger partial charge in [0.1, 0.15) is 23.9 Å². The number of amides is 3. The van der Waals surface area contributed by atoms with Gasteiger partial charge in [-0.25, -0.2) is 9.78 Å². The van der Waals surface area contributed by atoms with Crippen LogP contribution in [-0.2, 0) is 32.0 Å². The Morgan fingerprint density at radius 2 is 1.59 bits per heavy atom. The average Bonchev–Trinajstić information content (AvgIpc) is 3.39. The maximum absolute atomic E-state index is 13.1. The van der Waals surface area contributed by atoms with Gasteiger partial charge < -0.3 is 36.9 Å². The summed E-state index contributed by atoms with van der Waals surface area (Å²) in [6, 6.07) is 1.53. The number of aromatic nitrogens is 2. The van der Waals surface area contributed by atoms with Crippen molar-refractivity contribution in [3.8, 4) is 5.75 Å². The summed E-state index contributed by atoms with van der Waals surface area (Å²) in [6.45, 7) is 3.72. The normalized spacial score (nSPS) is 15.0. The van der Waals surface area contributed by atoms with Gasteiger partial charge in [-0.1, -0.05) is 32.4 Å². The van der Waals surface area contributed by atoms with E-state index in [1.807, 2.05) is 13.8 Å². The number of carboxylic acid groups (broad SMARTS) is 1. The first-order valence-corrected chi connectivity index (χ1v) is 12.4.